The summed E-state index contributed by atoms with van der Waals surface area (Å²) in [5.74, 6) is 0. The molecule has 2 rings (SSSR count). The molecule has 0 fully saturated rings. The average Bonchev–Trinajstić information content (AvgIpc) is 2.44. The zero-order valence-electron chi connectivity index (χ0n) is 7.01. The lowest BCUT2D eigenvalue weighted by Gasteiger charge is -2.00. The van der Waals surface area contributed by atoms with E-state index >= 15 is 0 Å². The molecule has 1 heterocycles. The van der Waals surface area contributed by atoms with Gasteiger partial charge in [0.15, 0.2) is 0 Å². The summed E-state index contributed by atoms with van der Waals surface area (Å²) >= 11 is 2.91. The maximum atomic E-state index is 11.6. The topological polar surface area (TPSA) is 46.5 Å². The van der Waals surface area contributed by atoms with Crippen LogP contribution in [0.5, 0.6) is 0 Å². The molecule has 0 N–H and O–H groups in total. The highest BCUT2D eigenvalue weighted by Crippen LogP contribution is 2.29. The van der Waals surface area contributed by atoms with Gasteiger partial charge in [0.25, 0.3) is 0 Å². The summed E-state index contributed by atoms with van der Waals surface area (Å²) in [6, 6.07) is 8.90. The molecule has 5 heteroatoms. The number of nitrogens with zero attached hydrogens (tertiary/aromatic N) is 1. The van der Waals surface area contributed by atoms with Crippen molar-refractivity contribution in [1.29, 1.82) is 0 Å². The summed E-state index contributed by atoms with van der Waals surface area (Å²) in [5.41, 5.74) is 0.658. The molecule has 0 spiro atoms. The normalized spacial score (nSPS) is 18.9. The van der Waals surface area contributed by atoms with Crippen LogP contribution in [0.2, 0.25) is 0 Å². The largest absolute Gasteiger partial charge is 0.236 e. The first-order valence-corrected chi connectivity index (χ1v) is 6.14. The molecule has 1 aromatic carbocycles. The van der Waals surface area contributed by atoms with Crippen LogP contribution >= 0.6 is 15.9 Å². The number of halogens is 1. The van der Waals surface area contributed by atoms with E-state index in [2.05, 4.69) is 20.9 Å². The van der Waals surface area contributed by atoms with Crippen LogP contribution in [0.15, 0.2) is 41.5 Å². The molecule has 0 amide bonds. The molecular weight excluding hydrogens is 266 g/mol. The second-order valence-electron chi connectivity index (χ2n) is 2.74. The third-order valence-corrected chi connectivity index (χ3v) is 4.81. The van der Waals surface area contributed by atoms with Gasteiger partial charge in [-0.3, -0.25) is 0 Å². The van der Waals surface area contributed by atoms with Gasteiger partial charge in [-0.2, -0.15) is 0 Å². The molecule has 0 unspecified atom stereocenters. The lowest BCUT2D eigenvalue weighted by atomic mass is 10.2. The highest BCUT2D eigenvalue weighted by molar-refractivity contribution is 9.22. The monoisotopic (exact) mass is 271 g/mol. The van der Waals surface area contributed by atoms with Crippen molar-refractivity contribution in [2.45, 2.75) is 0 Å². The lowest BCUT2D eigenvalue weighted by Crippen LogP contribution is -2.05. The van der Waals surface area contributed by atoms with Gasteiger partial charge in [0, 0.05) is 6.20 Å². The first-order valence-electron chi connectivity index (χ1n) is 3.86. The number of sulfone groups is 1. The number of hydrogen-bond acceptors (Lipinski definition) is 3. The standard InChI is InChI=1S/C9H6BrNO2S/c10-9-11-6-8(14(9,12)13)7-4-2-1-3-5-7/h1-6H. The molecule has 0 atom stereocenters. The first-order chi connectivity index (χ1) is 6.62. The van der Waals surface area contributed by atoms with E-state index in [0.29, 0.717) is 5.56 Å². The summed E-state index contributed by atoms with van der Waals surface area (Å²) in [6.45, 7) is 0. The van der Waals surface area contributed by atoms with Gasteiger partial charge in [0.05, 0.1) is 4.91 Å². The maximum Gasteiger partial charge on any atom is 0.232 e. The van der Waals surface area contributed by atoms with Crippen LogP contribution in [0.1, 0.15) is 5.56 Å². The van der Waals surface area contributed by atoms with Crippen molar-refractivity contribution in [3.63, 3.8) is 0 Å². The molecule has 0 saturated carbocycles. The summed E-state index contributed by atoms with van der Waals surface area (Å²) in [7, 11) is -3.39. The lowest BCUT2D eigenvalue weighted by molar-refractivity contribution is 0.617. The first kappa shape index (κ1) is 9.61. The van der Waals surface area contributed by atoms with Crippen molar-refractivity contribution < 1.29 is 8.42 Å². The smallest absolute Gasteiger partial charge is 0.232 e. The van der Waals surface area contributed by atoms with Crippen LogP contribution in [0.25, 0.3) is 4.91 Å². The van der Waals surface area contributed by atoms with Crippen LogP contribution in [0.4, 0.5) is 0 Å². The van der Waals surface area contributed by atoms with Crippen molar-refractivity contribution in [3.8, 4) is 0 Å². The molecule has 0 bridgehead atoms. The highest BCUT2D eigenvalue weighted by atomic mass is 79.9. The minimum Gasteiger partial charge on any atom is -0.236 e. The summed E-state index contributed by atoms with van der Waals surface area (Å²) < 4.78 is 23.3. The third kappa shape index (κ3) is 1.42. The molecule has 1 aliphatic heterocycles. The van der Waals surface area contributed by atoms with E-state index in [1.165, 1.54) is 6.20 Å². The van der Waals surface area contributed by atoms with E-state index in [-0.39, 0.29) is 8.86 Å². The van der Waals surface area contributed by atoms with Crippen molar-refractivity contribution in [2.75, 3.05) is 0 Å². The fraction of sp³-hybridized carbons (Fsp3) is 0. The van der Waals surface area contributed by atoms with Gasteiger partial charge >= 0.3 is 0 Å². The Kier molecular flexibility index (Phi) is 2.28. The van der Waals surface area contributed by atoms with E-state index in [1.54, 1.807) is 24.3 Å². The predicted molar refractivity (Wildman–Crippen MR) is 59.7 cm³/mol. The Morgan fingerprint density at radius 1 is 1.14 bits per heavy atom. The highest BCUT2D eigenvalue weighted by Gasteiger charge is 2.28. The van der Waals surface area contributed by atoms with E-state index in [0.717, 1.165) is 0 Å². The van der Waals surface area contributed by atoms with Crippen LogP contribution in [-0.2, 0) is 9.84 Å². The zero-order valence-corrected chi connectivity index (χ0v) is 9.42. The second kappa shape index (κ2) is 3.33. The molecule has 0 saturated heterocycles. The van der Waals surface area contributed by atoms with Gasteiger partial charge in [0.1, 0.15) is 0 Å². The Bertz CT molecular complexity index is 517. The fourth-order valence-corrected chi connectivity index (χ4v) is 2.81. The quantitative estimate of drug-likeness (QED) is 0.786. The Labute approximate surface area is 90.2 Å². The Morgan fingerprint density at radius 3 is 2.29 bits per heavy atom. The van der Waals surface area contributed by atoms with Gasteiger partial charge in [-0.05, 0) is 21.5 Å². The Morgan fingerprint density at radius 2 is 1.79 bits per heavy atom. The molecule has 1 aromatic rings. The van der Waals surface area contributed by atoms with Gasteiger partial charge in [-0.25, -0.2) is 13.4 Å². The van der Waals surface area contributed by atoms with Crippen LogP contribution in [0.3, 0.4) is 0 Å². The van der Waals surface area contributed by atoms with E-state index in [1.807, 2.05) is 6.07 Å². The van der Waals surface area contributed by atoms with E-state index < -0.39 is 9.84 Å². The second-order valence-corrected chi connectivity index (χ2v) is 5.85. The Hall–Kier alpha value is -0.940. The molecule has 14 heavy (non-hydrogen) atoms. The average molecular weight is 272 g/mol. The zero-order chi connectivity index (χ0) is 10.2. The van der Waals surface area contributed by atoms with E-state index in [4.69, 9.17) is 0 Å². The molecular formula is C9H6BrNO2S. The SMILES string of the molecule is O=S1(=O)C(c2ccccc2)=CN=C1Br. The van der Waals surface area contributed by atoms with Gasteiger partial charge in [-0.15, -0.1) is 0 Å². The number of rotatable bonds is 1. The summed E-state index contributed by atoms with van der Waals surface area (Å²) in [6.07, 6.45) is 1.36. The molecule has 3 nitrogen and oxygen atoms in total. The maximum absolute atomic E-state index is 11.6. The predicted octanol–water partition coefficient (Wildman–Crippen LogP) is 2.16. The van der Waals surface area contributed by atoms with Crippen molar-refractivity contribution in [1.82, 2.24) is 0 Å². The van der Waals surface area contributed by atoms with Crippen molar-refractivity contribution >= 4 is 34.6 Å². The minimum absolute atomic E-state index is 0.0242. The molecule has 0 aromatic heterocycles. The van der Waals surface area contributed by atoms with Crippen LogP contribution < -0.4 is 0 Å². The molecule has 0 aliphatic carbocycles. The van der Waals surface area contributed by atoms with Crippen molar-refractivity contribution in [2.24, 2.45) is 4.99 Å². The van der Waals surface area contributed by atoms with E-state index in [9.17, 15) is 8.42 Å². The molecule has 1 aliphatic rings. The fourth-order valence-electron chi connectivity index (χ4n) is 1.17. The Balaban J connectivity index is 2.53. The number of aliphatic imine (C=N–C) groups is 1. The number of hydrogen-bond donors (Lipinski definition) is 0. The summed E-state index contributed by atoms with van der Waals surface area (Å²) in [5, 5.41) is 0. The van der Waals surface area contributed by atoms with Crippen molar-refractivity contribution in [3.05, 3.63) is 42.1 Å². The van der Waals surface area contributed by atoms with Gasteiger partial charge in [-0.1, -0.05) is 30.3 Å². The molecule has 0 radical (unpaired) electrons. The minimum atomic E-state index is -3.39. The van der Waals surface area contributed by atoms with Crippen LogP contribution in [-0.4, -0.2) is 12.4 Å². The van der Waals surface area contributed by atoms with Gasteiger partial charge < -0.3 is 0 Å². The number of benzene rings is 1. The van der Waals surface area contributed by atoms with Gasteiger partial charge in [0.2, 0.25) is 13.8 Å². The van der Waals surface area contributed by atoms with Crippen LogP contribution in [0, 0.1) is 0 Å². The summed E-state index contributed by atoms with van der Waals surface area (Å²) in [4.78, 5) is 3.97. The molecule has 72 valence electrons. The third-order valence-electron chi connectivity index (χ3n) is 1.85.